The number of pyridine rings is 1. The highest BCUT2D eigenvalue weighted by atomic mass is 16.5. The number of nitrogens with zero attached hydrogens (tertiary/aromatic N) is 2. The fraction of sp³-hybridized carbons (Fsp3) is 0.429. The second-order valence-corrected chi connectivity index (χ2v) is 4.92. The number of nitrogens with one attached hydrogen (secondary N) is 1. The van der Waals surface area contributed by atoms with E-state index in [1.54, 1.807) is 0 Å². The van der Waals surface area contributed by atoms with Gasteiger partial charge in [0.1, 0.15) is 5.82 Å². The summed E-state index contributed by atoms with van der Waals surface area (Å²) < 4.78 is 6.82. The highest BCUT2D eigenvalue weighted by molar-refractivity contribution is 5.95. The van der Waals surface area contributed by atoms with Crippen molar-refractivity contribution in [2.45, 2.75) is 25.8 Å². The van der Waals surface area contributed by atoms with E-state index in [1.165, 1.54) is 7.11 Å². The fourth-order valence-electron chi connectivity index (χ4n) is 2.61. The smallest absolute Gasteiger partial charge is 0.358 e. The Morgan fingerprint density at radius 2 is 2.37 bits per heavy atom. The molecular weight excluding hydrogens is 242 g/mol. The van der Waals surface area contributed by atoms with Gasteiger partial charge < -0.3 is 14.5 Å². The molecular formula is C14H17N3O2. The molecule has 5 heteroatoms. The molecule has 2 aromatic rings. The third-order valence-electron chi connectivity index (χ3n) is 3.56. The number of carbonyl (C=O) groups excluding carboxylic acids is 1. The summed E-state index contributed by atoms with van der Waals surface area (Å²) in [6, 6.07) is 4.12. The van der Waals surface area contributed by atoms with E-state index in [4.69, 9.17) is 4.74 Å². The van der Waals surface area contributed by atoms with Gasteiger partial charge in [0.25, 0.3) is 0 Å². The van der Waals surface area contributed by atoms with Crippen molar-refractivity contribution in [3.05, 3.63) is 35.4 Å². The first kappa shape index (κ1) is 12.2. The lowest BCUT2D eigenvalue weighted by atomic mass is 10.2. The van der Waals surface area contributed by atoms with Gasteiger partial charge in [-0.05, 0) is 37.9 Å². The second kappa shape index (κ2) is 4.66. The number of fused-ring (bicyclic) bond motifs is 1. The largest absolute Gasteiger partial charge is 0.464 e. The Labute approximate surface area is 111 Å². The Balaban J connectivity index is 2.20. The minimum Gasteiger partial charge on any atom is -0.464 e. The van der Waals surface area contributed by atoms with E-state index in [1.807, 2.05) is 29.7 Å². The van der Waals surface area contributed by atoms with Gasteiger partial charge in [0, 0.05) is 6.20 Å². The Kier molecular flexibility index (Phi) is 2.98. The first-order valence-electron chi connectivity index (χ1n) is 6.51. The molecule has 1 unspecified atom stereocenters. The average Bonchev–Trinajstić information content (AvgIpc) is 3.03. The molecule has 1 fully saturated rings. The molecule has 1 saturated heterocycles. The number of methoxy groups -OCH3 is 1. The number of aryl methyl sites for hydroxylation is 1. The molecule has 5 nitrogen and oxygen atoms in total. The fourth-order valence-corrected chi connectivity index (χ4v) is 2.61. The van der Waals surface area contributed by atoms with Crippen LogP contribution in [0.25, 0.3) is 5.52 Å². The van der Waals surface area contributed by atoms with E-state index < -0.39 is 0 Å². The maximum absolute atomic E-state index is 11.8. The van der Waals surface area contributed by atoms with Crippen LogP contribution in [0.5, 0.6) is 0 Å². The average molecular weight is 259 g/mol. The molecule has 0 spiro atoms. The monoisotopic (exact) mass is 259 g/mol. The molecule has 3 heterocycles. The molecule has 1 atom stereocenters. The topological polar surface area (TPSA) is 55.6 Å². The van der Waals surface area contributed by atoms with Crippen LogP contribution >= 0.6 is 0 Å². The van der Waals surface area contributed by atoms with Crippen LogP contribution in [0.1, 0.15) is 40.8 Å². The normalized spacial score (nSPS) is 18.9. The number of ether oxygens (including phenoxy) is 1. The molecule has 2 aromatic heterocycles. The van der Waals surface area contributed by atoms with Crippen LogP contribution in [0.4, 0.5) is 0 Å². The van der Waals surface area contributed by atoms with E-state index >= 15 is 0 Å². The van der Waals surface area contributed by atoms with Gasteiger partial charge in [-0.25, -0.2) is 9.78 Å². The SMILES string of the molecule is COC(=O)c1nc(C2CCCN2)n2cc(C)ccc12. The number of hydrogen-bond acceptors (Lipinski definition) is 4. The molecule has 1 N–H and O–H groups in total. The summed E-state index contributed by atoms with van der Waals surface area (Å²) in [7, 11) is 1.38. The Hall–Kier alpha value is -1.88. The molecule has 0 aromatic carbocycles. The van der Waals surface area contributed by atoms with E-state index in [0.717, 1.165) is 36.3 Å². The van der Waals surface area contributed by atoms with Gasteiger partial charge in [0.05, 0.1) is 18.7 Å². The number of hydrogen-bond donors (Lipinski definition) is 1. The van der Waals surface area contributed by atoms with Crippen molar-refractivity contribution in [2.24, 2.45) is 0 Å². The minimum absolute atomic E-state index is 0.215. The Bertz CT molecular complexity index is 627. The summed E-state index contributed by atoms with van der Waals surface area (Å²) in [4.78, 5) is 16.3. The van der Waals surface area contributed by atoms with Crippen molar-refractivity contribution in [3.63, 3.8) is 0 Å². The molecule has 19 heavy (non-hydrogen) atoms. The van der Waals surface area contributed by atoms with E-state index in [2.05, 4.69) is 10.3 Å². The summed E-state index contributed by atoms with van der Waals surface area (Å²) in [5.74, 6) is 0.516. The maximum Gasteiger partial charge on any atom is 0.358 e. The molecule has 0 saturated carbocycles. The van der Waals surface area contributed by atoms with Gasteiger partial charge in [-0.2, -0.15) is 0 Å². The van der Waals surface area contributed by atoms with Crippen LogP contribution in [-0.2, 0) is 4.74 Å². The summed E-state index contributed by atoms with van der Waals surface area (Å²) in [5.41, 5.74) is 2.34. The molecule has 0 bridgehead atoms. The summed E-state index contributed by atoms with van der Waals surface area (Å²) in [6.45, 7) is 3.03. The quantitative estimate of drug-likeness (QED) is 0.836. The minimum atomic E-state index is -0.384. The number of aromatic nitrogens is 2. The number of imidazole rings is 1. The van der Waals surface area contributed by atoms with Gasteiger partial charge in [0.15, 0.2) is 5.69 Å². The summed E-state index contributed by atoms with van der Waals surface area (Å²) in [6.07, 6.45) is 4.21. The van der Waals surface area contributed by atoms with Gasteiger partial charge in [-0.3, -0.25) is 0 Å². The molecule has 0 radical (unpaired) electrons. The third kappa shape index (κ3) is 2.00. The number of rotatable bonds is 2. The van der Waals surface area contributed by atoms with Crippen molar-refractivity contribution in [2.75, 3.05) is 13.7 Å². The van der Waals surface area contributed by atoms with Gasteiger partial charge in [-0.15, -0.1) is 0 Å². The third-order valence-corrected chi connectivity index (χ3v) is 3.56. The van der Waals surface area contributed by atoms with Crippen LogP contribution in [-0.4, -0.2) is 29.0 Å². The second-order valence-electron chi connectivity index (χ2n) is 4.92. The van der Waals surface area contributed by atoms with Crippen LogP contribution in [0.3, 0.4) is 0 Å². The van der Waals surface area contributed by atoms with Crippen LogP contribution in [0, 0.1) is 6.92 Å². The first-order chi connectivity index (χ1) is 9.20. The van der Waals surface area contributed by atoms with E-state index in [-0.39, 0.29) is 12.0 Å². The zero-order valence-corrected chi connectivity index (χ0v) is 11.1. The van der Waals surface area contributed by atoms with Gasteiger partial charge in [0.2, 0.25) is 0 Å². The van der Waals surface area contributed by atoms with Crippen molar-refractivity contribution in [3.8, 4) is 0 Å². The van der Waals surface area contributed by atoms with Gasteiger partial charge in [-0.1, -0.05) is 6.07 Å². The highest BCUT2D eigenvalue weighted by Gasteiger charge is 2.25. The Morgan fingerprint density at radius 3 is 3.05 bits per heavy atom. The maximum atomic E-state index is 11.8. The number of carbonyl (C=O) groups is 1. The van der Waals surface area contributed by atoms with Crippen LogP contribution in [0.2, 0.25) is 0 Å². The number of esters is 1. The lowest BCUT2D eigenvalue weighted by molar-refractivity contribution is 0.0596. The molecule has 0 aliphatic carbocycles. The van der Waals surface area contributed by atoms with Crippen molar-refractivity contribution in [1.29, 1.82) is 0 Å². The summed E-state index contributed by atoms with van der Waals surface area (Å²) >= 11 is 0. The van der Waals surface area contributed by atoms with Crippen LogP contribution < -0.4 is 5.32 Å². The highest BCUT2D eigenvalue weighted by Crippen LogP contribution is 2.25. The lowest BCUT2D eigenvalue weighted by Gasteiger charge is -2.09. The van der Waals surface area contributed by atoms with Crippen molar-refractivity contribution in [1.82, 2.24) is 14.7 Å². The molecule has 3 rings (SSSR count). The predicted molar refractivity (Wildman–Crippen MR) is 71.2 cm³/mol. The van der Waals surface area contributed by atoms with Crippen molar-refractivity contribution < 1.29 is 9.53 Å². The van der Waals surface area contributed by atoms with Gasteiger partial charge >= 0.3 is 5.97 Å². The zero-order chi connectivity index (χ0) is 13.4. The standard InChI is InChI=1S/C14H17N3O2/c1-9-5-6-11-12(14(18)19-2)16-13(17(11)8-9)10-4-3-7-15-10/h5-6,8,10,15H,3-4,7H2,1-2H3. The van der Waals surface area contributed by atoms with E-state index in [9.17, 15) is 4.79 Å². The molecule has 0 amide bonds. The van der Waals surface area contributed by atoms with E-state index in [0.29, 0.717) is 5.69 Å². The van der Waals surface area contributed by atoms with Crippen LogP contribution in [0.15, 0.2) is 18.3 Å². The predicted octanol–water partition coefficient (Wildman–Crippen LogP) is 1.85. The molecule has 1 aliphatic rings. The Morgan fingerprint density at radius 1 is 1.53 bits per heavy atom. The molecule has 1 aliphatic heterocycles. The zero-order valence-electron chi connectivity index (χ0n) is 11.1. The summed E-state index contributed by atoms with van der Waals surface area (Å²) in [5, 5.41) is 3.42. The van der Waals surface area contributed by atoms with Crippen molar-refractivity contribution >= 4 is 11.5 Å². The lowest BCUT2D eigenvalue weighted by Crippen LogP contribution is -2.16. The first-order valence-corrected chi connectivity index (χ1v) is 6.51. The molecule has 100 valence electrons.